The third-order valence-electron chi connectivity index (χ3n) is 2.47. The molecular formula is C12H20N2O2. The second-order valence-electron chi connectivity index (χ2n) is 4.33. The molecule has 1 N–H and O–H groups in total. The van der Waals surface area contributed by atoms with E-state index < -0.39 is 6.10 Å². The number of methoxy groups -OCH3 is 1. The highest BCUT2D eigenvalue weighted by Gasteiger charge is 2.10. The molecule has 0 aliphatic rings. The summed E-state index contributed by atoms with van der Waals surface area (Å²) in [7, 11) is 1.55. The van der Waals surface area contributed by atoms with Gasteiger partial charge in [-0.25, -0.2) is 9.97 Å². The Labute approximate surface area is 96.7 Å². The van der Waals surface area contributed by atoms with Gasteiger partial charge in [0.2, 0.25) is 5.88 Å². The summed E-state index contributed by atoms with van der Waals surface area (Å²) in [4.78, 5) is 7.95. The van der Waals surface area contributed by atoms with Crippen LogP contribution in [-0.2, 0) is 0 Å². The van der Waals surface area contributed by atoms with Gasteiger partial charge in [0.05, 0.1) is 18.9 Å². The van der Waals surface area contributed by atoms with Crippen LogP contribution in [0.25, 0.3) is 0 Å². The summed E-state index contributed by atoms with van der Waals surface area (Å²) >= 11 is 0. The second kappa shape index (κ2) is 6.43. The first-order chi connectivity index (χ1) is 7.63. The zero-order chi connectivity index (χ0) is 12.0. The number of aromatic nitrogens is 2. The maximum absolute atomic E-state index is 9.91. The third kappa shape index (κ3) is 4.14. The zero-order valence-electron chi connectivity index (χ0n) is 10.2. The fraction of sp³-hybridized carbons (Fsp3) is 0.667. The summed E-state index contributed by atoms with van der Waals surface area (Å²) in [6.07, 6.45) is 3.76. The van der Waals surface area contributed by atoms with Crippen molar-refractivity contribution in [2.75, 3.05) is 7.11 Å². The van der Waals surface area contributed by atoms with Gasteiger partial charge in [-0.1, -0.05) is 26.7 Å². The summed E-state index contributed by atoms with van der Waals surface area (Å²) in [6.45, 7) is 4.36. The largest absolute Gasteiger partial charge is 0.481 e. The lowest BCUT2D eigenvalue weighted by Crippen LogP contribution is -2.02. The number of hydrogen-bond donors (Lipinski definition) is 1. The highest BCUT2D eigenvalue weighted by Crippen LogP contribution is 2.20. The molecule has 0 saturated heterocycles. The maximum Gasteiger partial charge on any atom is 0.216 e. The van der Waals surface area contributed by atoms with E-state index in [1.165, 1.54) is 6.33 Å². The Morgan fingerprint density at radius 3 is 2.69 bits per heavy atom. The minimum atomic E-state index is -0.518. The molecule has 16 heavy (non-hydrogen) atoms. The van der Waals surface area contributed by atoms with Crippen LogP contribution in [0.5, 0.6) is 5.88 Å². The molecule has 0 aliphatic heterocycles. The fourth-order valence-electron chi connectivity index (χ4n) is 1.51. The summed E-state index contributed by atoms with van der Waals surface area (Å²) in [5.41, 5.74) is 0.635. The zero-order valence-corrected chi connectivity index (χ0v) is 10.2. The molecule has 4 nitrogen and oxygen atoms in total. The molecule has 1 unspecified atom stereocenters. The Morgan fingerprint density at radius 1 is 1.31 bits per heavy atom. The average Bonchev–Trinajstić information content (AvgIpc) is 2.28. The molecule has 0 bridgehead atoms. The van der Waals surface area contributed by atoms with E-state index in [2.05, 4.69) is 23.8 Å². The van der Waals surface area contributed by atoms with Crippen LogP contribution in [0.3, 0.4) is 0 Å². The molecule has 0 amide bonds. The fourth-order valence-corrected chi connectivity index (χ4v) is 1.51. The summed E-state index contributed by atoms with van der Waals surface area (Å²) in [5, 5.41) is 9.91. The highest BCUT2D eigenvalue weighted by molar-refractivity contribution is 5.15. The lowest BCUT2D eigenvalue weighted by atomic mass is 10.0. The molecule has 0 radical (unpaired) electrons. The van der Waals surface area contributed by atoms with Crippen LogP contribution >= 0.6 is 0 Å². The smallest absolute Gasteiger partial charge is 0.216 e. The normalized spacial score (nSPS) is 12.8. The predicted molar refractivity (Wildman–Crippen MR) is 62.2 cm³/mol. The Balaban J connectivity index is 2.48. The quantitative estimate of drug-likeness (QED) is 0.805. The van der Waals surface area contributed by atoms with Crippen molar-refractivity contribution in [3.8, 4) is 5.88 Å². The number of aliphatic hydroxyl groups is 1. The molecule has 90 valence electrons. The van der Waals surface area contributed by atoms with Gasteiger partial charge in [-0.15, -0.1) is 0 Å². The molecule has 1 aromatic heterocycles. The van der Waals surface area contributed by atoms with Crippen molar-refractivity contribution in [2.24, 2.45) is 5.92 Å². The van der Waals surface area contributed by atoms with Crippen LogP contribution in [-0.4, -0.2) is 22.2 Å². The van der Waals surface area contributed by atoms with Crippen LogP contribution < -0.4 is 4.74 Å². The van der Waals surface area contributed by atoms with Gasteiger partial charge in [0.25, 0.3) is 0 Å². The summed E-state index contributed by atoms with van der Waals surface area (Å²) < 4.78 is 4.99. The number of ether oxygens (including phenoxy) is 1. The number of hydrogen-bond acceptors (Lipinski definition) is 4. The van der Waals surface area contributed by atoms with Gasteiger partial charge in [0.1, 0.15) is 6.33 Å². The number of rotatable bonds is 6. The lowest BCUT2D eigenvalue weighted by Gasteiger charge is -2.11. The van der Waals surface area contributed by atoms with Crippen molar-refractivity contribution >= 4 is 0 Å². The first-order valence-electron chi connectivity index (χ1n) is 5.67. The Bertz CT molecular complexity index is 316. The minimum absolute atomic E-state index is 0.493. The van der Waals surface area contributed by atoms with Crippen molar-refractivity contribution < 1.29 is 9.84 Å². The van der Waals surface area contributed by atoms with E-state index in [0.717, 1.165) is 19.3 Å². The maximum atomic E-state index is 9.91. The monoisotopic (exact) mass is 224 g/mol. The number of nitrogens with zero attached hydrogens (tertiary/aromatic N) is 2. The van der Waals surface area contributed by atoms with Crippen LogP contribution in [0, 0.1) is 5.92 Å². The van der Waals surface area contributed by atoms with Crippen molar-refractivity contribution in [2.45, 2.75) is 39.2 Å². The molecule has 0 aromatic carbocycles. The van der Waals surface area contributed by atoms with E-state index in [0.29, 0.717) is 17.5 Å². The van der Waals surface area contributed by atoms with E-state index in [4.69, 9.17) is 4.74 Å². The molecule has 1 aromatic rings. The molecule has 1 heterocycles. The molecule has 4 heteroatoms. The second-order valence-corrected chi connectivity index (χ2v) is 4.33. The van der Waals surface area contributed by atoms with Crippen LogP contribution in [0.15, 0.2) is 12.4 Å². The van der Waals surface area contributed by atoms with E-state index in [9.17, 15) is 5.11 Å². The SMILES string of the molecule is COc1cc(C(O)CCCC(C)C)ncn1. The van der Waals surface area contributed by atoms with Gasteiger partial charge >= 0.3 is 0 Å². The predicted octanol–water partition coefficient (Wildman–Crippen LogP) is 2.34. The standard InChI is InChI=1S/C12H20N2O2/c1-9(2)5-4-6-11(15)10-7-12(16-3)14-8-13-10/h7-9,11,15H,4-6H2,1-3H3. The van der Waals surface area contributed by atoms with Gasteiger partial charge in [0.15, 0.2) is 0 Å². The van der Waals surface area contributed by atoms with Gasteiger partial charge in [0, 0.05) is 6.07 Å². The van der Waals surface area contributed by atoms with E-state index in [1.54, 1.807) is 13.2 Å². The van der Waals surface area contributed by atoms with Crippen molar-refractivity contribution in [3.63, 3.8) is 0 Å². The van der Waals surface area contributed by atoms with Gasteiger partial charge < -0.3 is 9.84 Å². The van der Waals surface area contributed by atoms with Gasteiger partial charge in [-0.05, 0) is 12.3 Å². The topological polar surface area (TPSA) is 55.2 Å². The van der Waals surface area contributed by atoms with E-state index in [-0.39, 0.29) is 0 Å². The van der Waals surface area contributed by atoms with Crippen molar-refractivity contribution in [3.05, 3.63) is 18.1 Å². The van der Waals surface area contributed by atoms with E-state index >= 15 is 0 Å². The van der Waals surface area contributed by atoms with Crippen LogP contribution in [0.2, 0.25) is 0 Å². The molecule has 0 spiro atoms. The minimum Gasteiger partial charge on any atom is -0.481 e. The Kier molecular flexibility index (Phi) is 5.19. The first kappa shape index (κ1) is 12.9. The first-order valence-corrected chi connectivity index (χ1v) is 5.67. The average molecular weight is 224 g/mol. The summed E-state index contributed by atoms with van der Waals surface area (Å²) in [6, 6.07) is 1.68. The third-order valence-corrected chi connectivity index (χ3v) is 2.47. The van der Waals surface area contributed by atoms with Crippen molar-refractivity contribution in [1.29, 1.82) is 0 Å². The Hall–Kier alpha value is -1.16. The number of aliphatic hydroxyl groups excluding tert-OH is 1. The molecule has 0 saturated carbocycles. The molecule has 1 rings (SSSR count). The lowest BCUT2D eigenvalue weighted by molar-refractivity contribution is 0.156. The molecule has 0 aliphatic carbocycles. The Morgan fingerprint density at radius 2 is 2.06 bits per heavy atom. The van der Waals surface area contributed by atoms with Crippen molar-refractivity contribution in [1.82, 2.24) is 9.97 Å². The summed E-state index contributed by atoms with van der Waals surface area (Å²) in [5.74, 6) is 1.17. The van der Waals surface area contributed by atoms with E-state index in [1.807, 2.05) is 0 Å². The highest BCUT2D eigenvalue weighted by atomic mass is 16.5. The molecular weight excluding hydrogens is 204 g/mol. The van der Waals surface area contributed by atoms with Gasteiger partial charge in [-0.3, -0.25) is 0 Å². The van der Waals surface area contributed by atoms with Gasteiger partial charge in [-0.2, -0.15) is 0 Å². The molecule has 0 fully saturated rings. The van der Waals surface area contributed by atoms with Crippen LogP contribution in [0.4, 0.5) is 0 Å². The van der Waals surface area contributed by atoms with Crippen LogP contribution in [0.1, 0.15) is 44.9 Å². The molecule has 1 atom stereocenters.